The number of nitrogen functional groups attached to an aromatic ring is 1. The first kappa shape index (κ1) is 9.78. The fourth-order valence-electron chi connectivity index (χ4n) is 2.08. The lowest BCUT2D eigenvalue weighted by Crippen LogP contribution is -2.21. The third-order valence-corrected chi connectivity index (χ3v) is 2.82. The number of nitrogens with zero attached hydrogens (tertiary/aromatic N) is 3. The average molecular weight is 202 g/mol. The summed E-state index contributed by atoms with van der Waals surface area (Å²) in [6, 6.07) is 2.30. The summed E-state index contributed by atoms with van der Waals surface area (Å²) in [4.78, 5) is 6.22. The van der Waals surface area contributed by atoms with Crippen LogP contribution in [-0.2, 0) is 0 Å². The maximum absolute atomic E-state index is 8.85. The van der Waals surface area contributed by atoms with Crippen LogP contribution >= 0.6 is 0 Å². The van der Waals surface area contributed by atoms with Crippen LogP contribution in [0.4, 0.5) is 11.4 Å². The molecule has 0 aliphatic carbocycles. The highest BCUT2D eigenvalue weighted by Crippen LogP contribution is 2.30. The van der Waals surface area contributed by atoms with Gasteiger partial charge in [-0.15, -0.1) is 0 Å². The van der Waals surface area contributed by atoms with Gasteiger partial charge in [-0.2, -0.15) is 5.26 Å². The topological polar surface area (TPSA) is 65.9 Å². The van der Waals surface area contributed by atoms with Crippen molar-refractivity contribution in [2.75, 3.05) is 23.7 Å². The van der Waals surface area contributed by atoms with Crippen LogP contribution in [0.5, 0.6) is 0 Å². The highest BCUT2D eigenvalue weighted by molar-refractivity contribution is 5.70. The summed E-state index contributed by atoms with van der Waals surface area (Å²) in [5, 5.41) is 8.85. The van der Waals surface area contributed by atoms with Crippen molar-refractivity contribution < 1.29 is 0 Å². The second-order valence-corrected chi connectivity index (χ2v) is 3.95. The summed E-state index contributed by atoms with van der Waals surface area (Å²) < 4.78 is 0. The maximum atomic E-state index is 8.85. The molecule has 1 fully saturated rings. The molecule has 0 amide bonds. The van der Waals surface area contributed by atoms with E-state index >= 15 is 0 Å². The third kappa shape index (κ3) is 1.73. The van der Waals surface area contributed by atoms with Gasteiger partial charge in [0, 0.05) is 19.3 Å². The van der Waals surface area contributed by atoms with Crippen LogP contribution in [0.3, 0.4) is 0 Å². The van der Waals surface area contributed by atoms with Gasteiger partial charge in [-0.3, -0.25) is 4.98 Å². The lowest BCUT2D eigenvalue weighted by atomic mass is 10.1. The van der Waals surface area contributed by atoms with E-state index in [0.717, 1.165) is 30.8 Å². The molecule has 1 aliphatic heterocycles. The lowest BCUT2D eigenvalue weighted by molar-refractivity contribution is 0.755. The van der Waals surface area contributed by atoms with E-state index < -0.39 is 0 Å². The molecule has 1 aromatic rings. The van der Waals surface area contributed by atoms with Crippen LogP contribution in [0, 0.1) is 24.2 Å². The Hall–Kier alpha value is -1.76. The summed E-state index contributed by atoms with van der Waals surface area (Å²) in [5.41, 5.74) is 8.73. The Kier molecular flexibility index (Phi) is 2.46. The molecule has 0 radical (unpaired) electrons. The number of anilines is 2. The van der Waals surface area contributed by atoms with E-state index in [1.54, 1.807) is 6.20 Å². The molecule has 4 heteroatoms. The minimum absolute atomic E-state index is 0.136. The Labute approximate surface area is 89.3 Å². The molecule has 4 nitrogen and oxygen atoms in total. The van der Waals surface area contributed by atoms with Crippen LogP contribution in [-0.4, -0.2) is 18.1 Å². The normalized spacial score (nSPS) is 20.3. The molecule has 0 spiro atoms. The largest absolute Gasteiger partial charge is 0.396 e. The molecule has 15 heavy (non-hydrogen) atoms. The van der Waals surface area contributed by atoms with Gasteiger partial charge in [0.25, 0.3) is 0 Å². The van der Waals surface area contributed by atoms with Gasteiger partial charge < -0.3 is 10.6 Å². The summed E-state index contributed by atoms with van der Waals surface area (Å²) in [5.74, 6) is 0.136. The molecular weight excluding hydrogens is 188 g/mol. The van der Waals surface area contributed by atoms with Gasteiger partial charge in [0.2, 0.25) is 0 Å². The predicted octanol–water partition coefficient (Wildman–Crippen LogP) is 1.32. The van der Waals surface area contributed by atoms with Crippen molar-refractivity contribution in [2.24, 2.45) is 5.92 Å². The summed E-state index contributed by atoms with van der Waals surface area (Å²) in [7, 11) is 0. The molecule has 2 N–H and O–H groups in total. The molecule has 0 unspecified atom stereocenters. The molecule has 2 rings (SSSR count). The number of nitrogens with two attached hydrogens (primary N) is 1. The SMILES string of the molecule is Cc1cncc(N)c1N1CC[C@@H](C#N)C1. The monoisotopic (exact) mass is 202 g/mol. The zero-order chi connectivity index (χ0) is 10.8. The lowest BCUT2D eigenvalue weighted by Gasteiger charge is -2.21. The number of nitriles is 1. The van der Waals surface area contributed by atoms with Gasteiger partial charge in [-0.05, 0) is 18.9 Å². The first-order chi connectivity index (χ1) is 7.22. The quantitative estimate of drug-likeness (QED) is 0.746. The van der Waals surface area contributed by atoms with Crippen molar-refractivity contribution in [3.05, 3.63) is 18.0 Å². The average Bonchev–Trinajstić information content (AvgIpc) is 2.66. The van der Waals surface area contributed by atoms with E-state index in [1.807, 2.05) is 13.1 Å². The van der Waals surface area contributed by atoms with Gasteiger partial charge in [0.1, 0.15) is 0 Å². The van der Waals surface area contributed by atoms with Crippen LogP contribution in [0.15, 0.2) is 12.4 Å². The van der Waals surface area contributed by atoms with Gasteiger partial charge in [-0.25, -0.2) is 0 Å². The minimum Gasteiger partial charge on any atom is -0.396 e. The number of aromatic nitrogens is 1. The fourth-order valence-corrected chi connectivity index (χ4v) is 2.08. The number of hydrogen-bond donors (Lipinski definition) is 1. The molecule has 1 atom stereocenters. The van der Waals surface area contributed by atoms with Gasteiger partial charge in [-0.1, -0.05) is 0 Å². The van der Waals surface area contributed by atoms with E-state index in [9.17, 15) is 0 Å². The molecule has 0 saturated carbocycles. The molecule has 0 aromatic carbocycles. The predicted molar refractivity (Wildman–Crippen MR) is 59.3 cm³/mol. The molecular formula is C11H14N4. The zero-order valence-corrected chi connectivity index (χ0v) is 8.77. The highest BCUT2D eigenvalue weighted by Gasteiger charge is 2.24. The van der Waals surface area contributed by atoms with Crippen LogP contribution in [0.25, 0.3) is 0 Å². The number of hydrogen-bond acceptors (Lipinski definition) is 4. The summed E-state index contributed by atoms with van der Waals surface area (Å²) >= 11 is 0. The van der Waals surface area contributed by atoms with Gasteiger partial charge >= 0.3 is 0 Å². The Bertz CT molecular complexity index is 387. The van der Waals surface area contributed by atoms with Crippen molar-refractivity contribution >= 4 is 11.4 Å². The number of rotatable bonds is 1. The van der Waals surface area contributed by atoms with Crippen molar-refractivity contribution in [3.8, 4) is 6.07 Å². The van der Waals surface area contributed by atoms with E-state index in [2.05, 4.69) is 16.0 Å². The highest BCUT2D eigenvalue weighted by atomic mass is 15.2. The third-order valence-electron chi connectivity index (χ3n) is 2.82. The van der Waals surface area contributed by atoms with Gasteiger partial charge in [0.05, 0.1) is 29.6 Å². The number of pyridine rings is 1. The Morgan fingerprint density at radius 3 is 3.00 bits per heavy atom. The molecule has 1 aromatic heterocycles. The van der Waals surface area contributed by atoms with Crippen molar-refractivity contribution in [2.45, 2.75) is 13.3 Å². The standard InChI is InChI=1S/C11H14N4/c1-8-5-14-6-10(13)11(8)15-3-2-9(4-12)7-15/h5-6,9H,2-3,7,13H2,1H3/t9-/m0/s1. The number of aryl methyl sites for hydroxylation is 1. The first-order valence-electron chi connectivity index (χ1n) is 5.07. The second kappa shape index (κ2) is 3.77. The molecule has 1 aliphatic rings. The Morgan fingerprint density at radius 1 is 1.60 bits per heavy atom. The summed E-state index contributed by atoms with van der Waals surface area (Å²) in [6.07, 6.45) is 4.41. The van der Waals surface area contributed by atoms with E-state index in [0.29, 0.717) is 5.69 Å². The maximum Gasteiger partial charge on any atom is 0.0741 e. The van der Waals surface area contributed by atoms with E-state index in [1.165, 1.54) is 0 Å². The van der Waals surface area contributed by atoms with E-state index in [4.69, 9.17) is 11.0 Å². The second-order valence-electron chi connectivity index (χ2n) is 3.95. The fraction of sp³-hybridized carbons (Fsp3) is 0.455. The Morgan fingerprint density at radius 2 is 2.40 bits per heavy atom. The van der Waals surface area contributed by atoms with Crippen LogP contribution in [0.2, 0.25) is 0 Å². The van der Waals surface area contributed by atoms with E-state index in [-0.39, 0.29) is 5.92 Å². The summed E-state index contributed by atoms with van der Waals surface area (Å²) in [6.45, 7) is 3.69. The smallest absolute Gasteiger partial charge is 0.0741 e. The zero-order valence-electron chi connectivity index (χ0n) is 8.77. The Balaban J connectivity index is 2.28. The van der Waals surface area contributed by atoms with Crippen LogP contribution in [0.1, 0.15) is 12.0 Å². The molecule has 0 bridgehead atoms. The first-order valence-corrected chi connectivity index (χ1v) is 5.07. The van der Waals surface area contributed by atoms with Crippen molar-refractivity contribution in [1.82, 2.24) is 4.98 Å². The van der Waals surface area contributed by atoms with Gasteiger partial charge in [0.15, 0.2) is 0 Å². The van der Waals surface area contributed by atoms with Crippen molar-refractivity contribution in [3.63, 3.8) is 0 Å². The van der Waals surface area contributed by atoms with Crippen LogP contribution < -0.4 is 10.6 Å². The minimum atomic E-state index is 0.136. The molecule has 1 saturated heterocycles. The molecule has 2 heterocycles. The molecule has 78 valence electrons. The van der Waals surface area contributed by atoms with Crippen molar-refractivity contribution in [1.29, 1.82) is 5.26 Å².